The Labute approximate surface area is 179 Å². The molecule has 0 unspecified atom stereocenters. The number of rotatable bonds is 6. The van der Waals surface area contributed by atoms with Crippen LogP contribution in [-0.2, 0) is 14.8 Å². The third-order valence-corrected chi connectivity index (χ3v) is 9.66. The normalized spacial score (nSPS) is 20.8. The standard InChI is InChI=1S/C20H24N2O4S3/c23-20(17-6-1-2-7-18(17)28-15-16-5-3-13-26-16)21-9-11-22(12-10-21)29(24,25)19-8-4-14-27-19/h1-2,4,6-8,14,16H,3,5,9-13,15H2/t16-/m0/s1. The van der Waals surface area contributed by atoms with Crippen molar-refractivity contribution in [2.75, 3.05) is 38.5 Å². The van der Waals surface area contributed by atoms with Gasteiger partial charge in [-0.2, -0.15) is 4.31 Å². The number of sulfonamides is 1. The summed E-state index contributed by atoms with van der Waals surface area (Å²) in [5.74, 6) is 0.811. The van der Waals surface area contributed by atoms with Crippen LogP contribution in [0.5, 0.6) is 0 Å². The smallest absolute Gasteiger partial charge is 0.255 e. The topological polar surface area (TPSA) is 66.9 Å². The molecule has 1 amide bonds. The zero-order valence-corrected chi connectivity index (χ0v) is 18.5. The molecule has 2 fully saturated rings. The summed E-state index contributed by atoms with van der Waals surface area (Å²) in [4.78, 5) is 15.8. The second kappa shape index (κ2) is 9.18. The zero-order chi connectivity index (χ0) is 20.3. The Kier molecular flexibility index (Phi) is 6.60. The predicted molar refractivity (Wildman–Crippen MR) is 115 cm³/mol. The molecule has 0 saturated carbocycles. The first-order valence-corrected chi connectivity index (χ1v) is 13.0. The molecule has 0 radical (unpaired) electrons. The average Bonchev–Trinajstić information content (AvgIpc) is 3.46. The van der Waals surface area contributed by atoms with E-state index in [4.69, 9.17) is 4.74 Å². The molecule has 29 heavy (non-hydrogen) atoms. The SMILES string of the molecule is O=C(c1ccccc1SC[C@@H]1CCCO1)N1CCN(S(=O)(=O)c2cccs2)CC1. The van der Waals surface area contributed by atoms with Crippen LogP contribution in [0, 0.1) is 0 Å². The highest BCUT2D eigenvalue weighted by Crippen LogP contribution is 2.28. The maximum Gasteiger partial charge on any atom is 0.255 e. The number of carbonyl (C=O) groups excluding carboxylic acids is 1. The van der Waals surface area contributed by atoms with Gasteiger partial charge in [0.1, 0.15) is 4.21 Å². The minimum absolute atomic E-state index is 0.0337. The summed E-state index contributed by atoms with van der Waals surface area (Å²) < 4.78 is 32.9. The number of piperazine rings is 1. The molecular formula is C20H24N2O4S3. The van der Waals surface area contributed by atoms with Crippen LogP contribution in [0.3, 0.4) is 0 Å². The number of ether oxygens (including phenoxy) is 1. The van der Waals surface area contributed by atoms with Gasteiger partial charge in [-0.1, -0.05) is 18.2 Å². The number of benzene rings is 1. The molecular weight excluding hydrogens is 428 g/mol. The third-order valence-electron chi connectivity index (χ3n) is 5.18. The van der Waals surface area contributed by atoms with E-state index in [9.17, 15) is 13.2 Å². The molecule has 9 heteroatoms. The molecule has 0 N–H and O–H groups in total. The maximum atomic E-state index is 13.1. The molecule has 1 aromatic heterocycles. The number of hydrogen-bond donors (Lipinski definition) is 0. The lowest BCUT2D eigenvalue weighted by molar-refractivity contribution is 0.0694. The summed E-state index contributed by atoms with van der Waals surface area (Å²) in [6, 6.07) is 11.0. The van der Waals surface area contributed by atoms with E-state index in [-0.39, 0.29) is 12.0 Å². The molecule has 2 aromatic rings. The van der Waals surface area contributed by atoms with Gasteiger partial charge in [0.15, 0.2) is 0 Å². The molecule has 2 saturated heterocycles. The quantitative estimate of drug-likeness (QED) is 0.630. The van der Waals surface area contributed by atoms with Crippen molar-refractivity contribution in [2.24, 2.45) is 0 Å². The second-order valence-electron chi connectivity index (χ2n) is 7.07. The monoisotopic (exact) mass is 452 g/mol. The minimum atomic E-state index is -3.46. The molecule has 1 aromatic carbocycles. The van der Waals surface area contributed by atoms with Gasteiger partial charge in [-0.25, -0.2) is 8.42 Å². The van der Waals surface area contributed by atoms with Crippen LogP contribution in [0.4, 0.5) is 0 Å². The Morgan fingerprint density at radius 3 is 2.62 bits per heavy atom. The lowest BCUT2D eigenvalue weighted by atomic mass is 10.2. The summed E-state index contributed by atoms with van der Waals surface area (Å²) in [6.07, 6.45) is 2.43. The zero-order valence-electron chi connectivity index (χ0n) is 16.0. The van der Waals surface area contributed by atoms with E-state index in [1.54, 1.807) is 34.2 Å². The largest absolute Gasteiger partial charge is 0.377 e. The molecule has 156 valence electrons. The van der Waals surface area contributed by atoms with Crippen molar-refractivity contribution in [1.82, 2.24) is 9.21 Å². The van der Waals surface area contributed by atoms with Gasteiger partial charge in [0.2, 0.25) is 0 Å². The number of amides is 1. The summed E-state index contributed by atoms with van der Waals surface area (Å²) in [5.41, 5.74) is 0.685. The summed E-state index contributed by atoms with van der Waals surface area (Å²) in [7, 11) is -3.46. The van der Waals surface area contributed by atoms with Crippen LogP contribution >= 0.6 is 23.1 Å². The Bertz CT molecular complexity index is 932. The van der Waals surface area contributed by atoms with Crippen LogP contribution in [0.2, 0.25) is 0 Å². The van der Waals surface area contributed by atoms with E-state index in [0.29, 0.717) is 36.0 Å². The number of thiophene rings is 1. The molecule has 0 aliphatic carbocycles. The van der Waals surface area contributed by atoms with Gasteiger partial charge < -0.3 is 9.64 Å². The van der Waals surface area contributed by atoms with Gasteiger partial charge in [-0.15, -0.1) is 23.1 Å². The van der Waals surface area contributed by atoms with E-state index in [0.717, 1.165) is 30.1 Å². The summed E-state index contributed by atoms with van der Waals surface area (Å²) in [6.45, 7) is 2.25. The summed E-state index contributed by atoms with van der Waals surface area (Å²) >= 11 is 2.88. The number of hydrogen-bond acceptors (Lipinski definition) is 6. The first-order chi connectivity index (χ1) is 14.1. The Morgan fingerprint density at radius 1 is 1.14 bits per heavy atom. The fourth-order valence-electron chi connectivity index (χ4n) is 3.57. The van der Waals surface area contributed by atoms with Crippen molar-refractivity contribution >= 4 is 39.0 Å². The third kappa shape index (κ3) is 4.69. The number of thioether (sulfide) groups is 1. The Hall–Kier alpha value is -1.39. The van der Waals surface area contributed by atoms with Crippen molar-refractivity contribution in [1.29, 1.82) is 0 Å². The molecule has 2 aliphatic heterocycles. The van der Waals surface area contributed by atoms with Crippen molar-refractivity contribution in [3.63, 3.8) is 0 Å². The van der Waals surface area contributed by atoms with Gasteiger partial charge in [-0.05, 0) is 36.4 Å². The highest BCUT2D eigenvalue weighted by Gasteiger charge is 2.31. The van der Waals surface area contributed by atoms with E-state index in [1.807, 2.05) is 24.3 Å². The van der Waals surface area contributed by atoms with Crippen LogP contribution in [0.15, 0.2) is 50.9 Å². The molecule has 0 spiro atoms. The van der Waals surface area contributed by atoms with E-state index in [2.05, 4.69) is 0 Å². The molecule has 6 nitrogen and oxygen atoms in total. The minimum Gasteiger partial charge on any atom is -0.377 e. The van der Waals surface area contributed by atoms with Gasteiger partial charge in [0, 0.05) is 43.4 Å². The van der Waals surface area contributed by atoms with Gasteiger partial charge in [0.05, 0.1) is 11.7 Å². The first-order valence-electron chi connectivity index (χ1n) is 9.72. The number of carbonyl (C=O) groups is 1. The van der Waals surface area contributed by atoms with Crippen LogP contribution in [0.25, 0.3) is 0 Å². The van der Waals surface area contributed by atoms with Crippen LogP contribution in [0.1, 0.15) is 23.2 Å². The van der Waals surface area contributed by atoms with Gasteiger partial charge in [0.25, 0.3) is 15.9 Å². The fraction of sp³-hybridized carbons (Fsp3) is 0.450. The molecule has 3 heterocycles. The van der Waals surface area contributed by atoms with E-state index < -0.39 is 10.0 Å². The van der Waals surface area contributed by atoms with Crippen LogP contribution in [-0.4, -0.2) is 68.2 Å². The Morgan fingerprint density at radius 2 is 1.93 bits per heavy atom. The average molecular weight is 453 g/mol. The van der Waals surface area contributed by atoms with Crippen LogP contribution < -0.4 is 0 Å². The Balaban J connectivity index is 1.40. The molecule has 4 rings (SSSR count). The van der Waals surface area contributed by atoms with E-state index in [1.165, 1.54) is 15.6 Å². The first kappa shape index (κ1) is 20.9. The van der Waals surface area contributed by atoms with Crippen molar-refractivity contribution in [2.45, 2.75) is 28.1 Å². The molecule has 1 atom stereocenters. The predicted octanol–water partition coefficient (Wildman–Crippen LogP) is 3.17. The highest BCUT2D eigenvalue weighted by atomic mass is 32.2. The number of nitrogens with zero attached hydrogens (tertiary/aromatic N) is 2. The maximum absolute atomic E-state index is 13.1. The van der Waals surface area contributed by atoms with Crippen molar-refractivity contribution in [3.05, 3.63) is 47.3 Å². The fourth-order valence-corrected chi connectivity index (χ4v) is 7.25. The lowest BCUT2D eigenvalue weighted by Gasteiger charge is -2.34. The lowest BCUT2D eigenvalue weighted by Crippen LogP contribution is -2.50. The second-order valence-corrected chi connectivity index (χ2v) is 11.2. The van der Waals surface area contributed by atoms with Crippen molar-refractivity contribution in [3.8, 4) is 0 Å². The van der Waals surface area contributed by atoms with E-state index >= 15 is 0 Å². The highest BCUT2D eigenvalue weighted by molar-refractivity contribution is 7.99. The summed E-state index contributed by atoms with van der Waals surface area (Å²) in [5, 5.41) is 1.76. The van der Waals surface area contributed by atoms with Gasteiger partial charge >= 0.3 is 0 Å². The molecule has 0 bridgehead atoms. The molecule has 2 aliphatic rings. The van der Waals surface area contributed by atoms with Gasteiger partial charge in [-0.3, -0.25) is 4.79 Å². The van der Waals surface area contributed by atoms with Crippen molar-refractivity contribution < 1.29 is 17.9 Å².